The number of alkyl halides is 3. The number of nitrogens with one attached hydrogen (secondary N) is 1. The monoisotopic (exact) mass is 397 g/mol. The average molecular weight is 397 g/mol. The van der Waals surface area contributed by atoms with Crippen molar-refractivity contribution in [2.75, 3.05) is 0 Å². The summed E-state index contributed by atoms with van der Waals surface area (Å²) in [5.41, 5.74) is -1.49. The van der Waals surface area contributed by atoms with Gasteiger partial charge < -0.3 is 0 Å². The van der Waals surface area contributed by atoms with Gasteiger partial charge >= 0.3 is 6.18 Å². The zero-order valence-corrected chi connectivity index (χ0v) is 15.8. The molecule has 0 aliphatic rings. The van der Waals surface area contributed by atoms with Crippen LogP contribution in [-0.4, -0.2) is 24.3 Å². The maximum atomic E-state index is 13.7. The highest BCUT2D eigenvalue weighted by molar-refractivity contribution is 7.71. The Labute approximate surface area is 157 Å². The molecule has 3 rings (SSSR count). The largest absolute Gasteiger partial charge is 0.417 e. The Kier molecular flexibility index (Phi) is 4.94. The summed E-state index contributed by atoms with van der Waals surface area (Å²) in [5, 5.41) is 3.58. The van der Waals surface area contributed by atoms with Gasteiger partial charge in [0.25, 0.3) is 5.56 Å². The van der Waals surface area contributed by atoms with Crippen LogP contribution in [-0.2, 0) is 12.7 Å². The number of pyridine rings is 1. The molecule has 0 amide bonds. The van der Waals surface area contributed by atoms with Gasteiger partial charge in [-0.15, -0.1) is 0 Å². The number of fused-ring (bicyclic) bond motifs is 1. The van der Waals surface area contributed by atoms with Crippen LogP contribution in [0.25, 0.3) is 22.3 Å². The smallest absolute Gasteiger partial charge is 0.300 e. The van der Waals surface area contributed by atoms with Crippen LogP contribution in [0.4, 0.5) is 13.2 Å². The second-order valence-corrected chi connectivity index (χ2v) is 6.61. The van der Waals surface area contributed by atoms with Crippen LogP contribution in [0.5, 0.6) is 0 Å². The summed E-state index contributed by atoms with van der Waals surface area (Å²) in [6.07, 6.45) is -1.05. The SMILES string of the molecule is CCC(C)n1c(=S)[nH]c(=O)c2c(C(F)(F)F)cc(-c3cnn(CC)c3)nc21. The molecule has 144 valence electrons. The average Bonchev–Trinajstić information content (AvgIpc) is 3.08. The molecular weight excluding hydrogens is 379 g/mol. The molecule has 0 fully saturated rings. The number of nitrogens with zero attached hydrogens (tertiary/aromatic N) is 4. The van der Waals surface area contributed by atoms with Crippen LogP contribution >= 0.6 is 12.2 Å². The van der Waals surface area contributed by atoms with Gasteiger partial charge in [-0.3, -0.25) is 19.0 Å². The molecule has 3 heterocycles. The molecule has 1 atom stereocenters. The van der Waals surface area contributed by atoms with Gasteiger partial charge in [0, 0.05) is 24.3 Å². The predicted molar refractivity (Wildman–Crippen MR) is 98.1 cm³/mol. The second kappa shape index (κ2) is 6.91. The molecule has 3 aromatic heterocycles. The Morgan fingerprint density at radius 1 is 1.33 bits per heavy atom. The minimum atomic E-state index is -4.72. The van der Waals surface area contributed by atoms with Crippen LogP contribution < -0.4 is 5.56 Å². The molecule has 1 unspecified atom stereocenters. The van der Waals surface area contributed by atoms with Crippen molar-refractivity contribution in [1.82, 2.24) is 24.3 Å². The van der Waals surface area contributed by atoms with E-state index in [9.17, 15) is 18.0 Å². The van der Waals surface area contributed by atoms with Gasteiger partial charge in [-0.05, 0) is 38.6 Å². The van der Waals surface area contributed by atoms with Gasteiger partial charge in [-0.1, -0.05) is 6.92 Å². The fourth-order valence-electron chi connectivity index (χ4n) is 2.88. The van der Waals surface area contributed by atoms with E-state index in [1.165, 1.54) is 10.8 Å². The number of aryl methyl sites for hydroxylation is 1. The Morgan fingerprint density at radius 3 is 2.59 bits per heavy atom. The van der Waals surface area contributed by atoms with Crippen LogP contribution in [0.1, 0.15) is 38.8 Å². The Hall–Kier alpha value is -2.49. The first-order valence-electron chi connectivity index (χ1n) is 8.46. The fraction of sp³-hybridized carbons (Fsp3) is 0.412. The van der Waals surface area contributed by atoms with E-state index < -0.39 is 22.7 Å². The summed E-state index contributed by atoms with van der Waals surface area (Å²) in [6, 6.07) is 0.650. The lowest BCUT2D eigenvalue weighted by Gasteiger charge is -2.19. The topological polar surface area (TPSA) is 68.5 Å². The minimum Gasteiger partial charge on any atom is -0.300 e. The Balaban J connectivity index is 2.47. The zero-order valence-electron chi connectivity index (χ0n) is 15.0. The molecule has 3 aromatic rings. The van der Waals surface area contributed by atoms with Crippen molar-refractivity contribution in [2.24, 2.45) is 0 Å². The molecular formula is C17H18F3N5OS. The first-order valence-corrected chi connectivity index (χ1v) is 8.87. The number of rotatable bonds is 4. The van der Waals surface area contributed by atoms with Crippen LogP contribution in [0, 0.1) is 4.77 Å². The maximum Gasteiger partial charge on any atom is 0.417 e. The Morgan fingerprint density at radius 2 is 2.04 bits per heavy atom. The molecule has 6 nitrogen and oxygen atoms in total. The third-order valence-corrected chi connectivity index (χ3v) is 4.78. The van der Waals surface area contributed by atoms with Gasteiger partial charge in [0.2, 0.25) is 0 Å². The highest BCUT2D eigenvalue weighted by Crippen LogP contribution is 2.36. The quantitative estimate of drug-likeness (QED) is 0.666. The summed E-state index contributed by atoms with van der Waals surface area (Å²) in [4.78, 5) is 19.1. The first-order chi connectivity index (χ1) is 12.7. The molecule has 0 radical (unpaired) electrons. The molecule has 0 aliphatic carbocycles. The van der Waals surface area contributed by atoms with E-state index in [2.05, 4.69) is 15.1 Å². The lowest BCUT2D eigenvalue weighted by molar-refractivity contribution is -0.136. The van der Waals surface area contributed by atoms with Gasteiger partial charge in [0.05, 0.1) is 22.8 Å². The summed E-state index contributed by atoms with van der Waals surface area (Å²) in [7, 11) is 0. The van der Waals surface area contributed by atoms with E-state index in [1.54, 1.807) is 10.9 Å². The number of H-pyrrole nitrogens is 1. The van der Waals surface area contributed by atoms with Crippen LogP contribution in [0.2, 0.25) is 0 Å². The zero-order chi connectivity index (χ0) is 19.9. The van der Waals surface area contributed by atoms with E-state index in [0.29, 0.717) is 18.5 Å². The lowest BCUT2D eigenvalue weighted by atomic mass is 10.1. The number of aromatic amines is 1. The molecule has 1 N–H and O–H groups in total. The van der Waals surface area contributed by atoms with Crippen LogP contribution in [0.3, 0.4) is 0 Å². The Bertz CT molecular complexity index is 1110. The standard InChI is InChI=1S/C17H18F3N5OS/c1-4-9(3)25-14-13(15(26)23-16(25)27)11(17(18,19)20)6-12(22-14)10-7-21-24(5-2)8-10/h6-9H,4-5H2,1-3H3,(H,23,26,27). The molecule has 27 heavy (non-hydrogen) atoms. The van der Waals surface area contributed by atoms with Crippen molar-refractivity contribution < 1.29 is 13.2 Å². The fourth-order valence-corrected chi connectivity index (χ4v) is 3.24. The lowest BCUT2D eigenvalue weighted by Crippen LogP contribution is -2.22. The molecule has 0 aliphatic heterocycles. The number of aromatic nitrogens is 5. The molecule has 0 bridgehead atoms. The van der Waals surface area contributed by atoms with Crippen molar-refractivity contribution in [3.63, 3.8) is 0 Å². The summed E-state index contributed by atoms with van der Waals surface area (Å²) < 4.78 is 44.3. The normalized spacial score (nSPS) is 13.3. The molecule has 0 spiro atoms. The number of halogens is 3. The van der Waals surface area contributed by atoms with Crippen molar-refractivity contribution in [3.05, 3.63) is 39.1 Å². The second-order valence-electron chi connectivity index (χ2n) is 6.22. The third-order valence-electron chi connectivity index (χ3n) is 4.48. The van der Waals surface area contributed by atoms with Crippen LogP contribution in [0.15, 0.2) is 23.3 Å². The van der Waals surface area contributed by atoms with Gasteiger partial charge in [-0.2, -0.15) is 18.3 Å². The summed E-state index contributed by atoms with van der Waals surface area (Å²) in [5.74, 6) is 0. The third kappa shape index (κ3) is 3.41. The molecule has 0 saturated heterocycles. The van der Waals surface area contributed by atoms with Crippen molar-refractivity contribution in [1.29, 1.82) is 0 Å². The summed E-state index contributed by atoms with van der Waals surface area (Å²) >= 11 is 5.20. The van der Waals surface area contributed by atoms with E-state index in [-0.39, 0.29) is 22.2 Å². The van der Waals surface area contributed by atoms with Crippen molar-refractivity contribution in [3.8, 4) is 11.3 Å². The highest BCUT2D eigenvalue weighted by atomic mass is 32.1. The van der Waals surface area contributed by atoms with E-state index >= 15 is 0 Å². The highest BCUT2D eigenvalue weighted by Gasteiger charge is 2.36. The van der Waals surface area contributed by atoms with E-state index in [0.717, 1.165) is 6.07 Å². The van der Waals surface area contributed by atoms with Gasteiger partial charge in [0.15, 0.2) is 4.77 Å². The van der Waals surface area contributed by atoms with Crippen molar-refractivity contribution >= 4 is 23.3 Å². The number of hydrogen-bond acceptors (Lipinski definition) is 4. The van der Waals surface area contributed by atoms with Gasteiger partial charge in [-0.25, -0.2) is 4.98 Å². The number of hydrogen-bond donors (Lipinski definition) is 1. The summed E-state index contributed by atoms with van der Waals surface area (Å²) in [6.45, 7) is 6.13. The minimum absolute atomic E-state index is 0.0453. The first kappa shape index (κ1) is 19.3. The van der Waals surface area contributed by atoms with Gasteiger partial charge in [0.1, 0.15) is 5.65 Å². The molecule has 10 heteroatoms. The van der Waals surface area contributed by atoms with E-state index in [4.69, 9.17) is 12.2 Å². The van der Waals surface area contributed by atoms with Crippen molar-refractivity contribution in [2.45, 2.75) is 46.0 Å². The maximum absolute atomic E-state index is 13.7. The molecule has 0 aromatic carbocycles. The molecule has 0 saturated carbocycles. The van der Waals surface area contributed by atoms with E-state index in [1.807, 2.05) is 20.8 Å². The predicted octanol–water partition coefficient (Wildman–Crippen LogP) is 4.33.